The fourth-order valence-corrected chi connectivity index (χ4v) is 2.20. The maximum Gasteiger partial charge on any atom is 0.0894 e. The van der Waals surface area contributed by atoms with Gasteiger partial charge in [0.1, 0.15) is 0 Å². The van der Waals surface area contributed by atoms with Crippen LogP contribution in [0.5, 0.6) is 0 Å². The van der Waals surface area contributed by atoms with Gasteiger partial charge < -0.3 is 15.5 Å². The van der Waals surface area contributed by atoms with E-state index < -0.39 is 6.10 Å². The topological polar surface area (TPSA) is 52.5 Å². The standard InChI is InChI=1S/C11H23NO2/c1-9-4-2-3-5-10(9)6-12-7-11(14)8-13/h9-14H,2-8H2,1H3. The Balaban J connectivity index is 2.10. The van der Waals surface area contributed by atoms with Crippen molar-refractivity contribution in [2.45, 2.75) is 38.7 Å². The summed E-state index contributed by atoms with van der Waals surface area (Å²) in [4.78, 5) is 0. The average molecular weight is 201 g/mol. The van der Waals surface area contributed by atoms with Crippen molar-refractivity contribution in [3.8, 4) is 0 Å². The van der Waals surface area contributed by atoms with Gasteiger partial charge in [-0.05, 0) is 24.8 Å². The number of hydrogen-bond donors (Lipinski definition) is 3. The molecule has 84 valence electrons. The molecule has 1 aliphatic rings. The number of aliphatic hydroxyl groups is 2. The lowest BCUT2D eigenvalue weighted by Crippen LogP contribution is -2.35. The van der Waals surface area contributed by atoms with Crippen molar-refractivity contribution in [1.29, 1.82) is 0 Å². The van der Waals surface area contributed by atoms with E-state index in [-0.39, 0.29) is 6.61 Å². The van der Waals surface area contributed by atoms with Crippen LogP contribution in [0.4, 0.5) is 0 Å². The molecule has 0 heterocycles. The third kappa shape index (κ3) is 3.95. The Morgan fingerprint density at radius 3 is 2.71 bits per heavy atom. The Kier molecular flexibility index (Phi) is 5.45. The SMILES string of the molecule is CC1CCCCC1CNCC(O)CO. The average Bonchev–Trinajstić information content (AvgIpc) is 2.20. The highest BCUT2D eigenvalue weighted by atomic mass is 16.3. The Labute approximate surface area is 86.5 Å². The predicted molar refractivity (Wildman–Crippen MR) is 57.1 cm³/mol. The molecule has 1 saturated carbocycles. The van der Waals surface area contributed by atoms with Gasteiger partial charge in [-0.1, -0.05) is 26.2 Å². The molecule has 0 bridgehead atoms. The zero-order valence-corrected chi connectivity index (χ0v) is 9.08. The molecular formula is C11H23NO2. The van der Waals surface area contributed by atoms with Crippen molar-refractivity contribution in [3.05, 3.63) is 0 Å². The minimum atomic E-state index is -0.603. The van der Waals surface area contributed by atoms with Gasteiger partial charge in [-0.15, -0.1) is 0 Å². The molecule has 14 heavy (non-hydrogen) atoms. The van der Waals surface area contributed by atoms with Crippen LogP contribution in [-0.2, 0) is 0 Å². The van der Waals surface area contributed by atoms with Gasteiger partial charge in [0.25, 0.3) is 0 Å². The van der Waals surface area contributed by atoms with E-state index in [1.807, 2.05) is 0 Å². The number of aliphatic hydroxyl groups excluding tert-OH is 2. The molecule has 1 rings (SSSR count). The Morgan fingerprint density at radius 2 is 2.07 bits per heavy atom. The van der Waals surface area contributed by atoms with Crippen LogP contribution >= 0.6 is 0 Å². The lowest BCUT2D eigenvalue weighted by Gasteiger charge is -2.29. The van der Waals surface area contributed by atoms with Gasteiger partial charge in [0.15, 0.2) is 0 Å². The summed E-state index contributed by atoms with van der Waals surface area (Å²) in [6, 6.07) is 0. The van der Waals surface area contributed by atoms with Crippen LogP contribution in [0.2, 0.25) is 0 Å². The highest BCUT2D eigenvalue weighted by Gasteiger charge is 2.20. The molecule has 0 radical (unpaired) electrons. The van der Waals surface area contributed by atoms with Crippen LogP contribution in [0.15, 0.2) is 0 Å². The summed E-state index contributed by atoms with van der Waals surface area (Å²) in [5.74, 6) is 1.57. The van der Waals surface area contributed by atoms with Gasteiger partial charge in [0.05, 0.1) is 12.7 Å². The maximum absolute atomic E-state index is 9.14. The van der Waals surface area contributed by atoms with Crippen LogP contribution in [-0.4, -0.2) is 36.0 Å². The van der Waals surface area contributed by atoms with E-state index in [1.165, 1.54) is 25.7 Å². The highest BCUT2D eigenvalue weighted by Crippen LogP contribution is 2.28. The van der Waals surface area contributed by atoms with E-state index in [4.69, 9.17) is 10.2 Å². The summed E-state index contributed by atoms with van der Waals surface area (Å²) in [7, 11) is 0. The first kappa shape index (κ1) is 12.0. The molecule has 1 fully saturated rings. The summed E-state index contributed by atoms with van der Waals surface area (Å²) < 4.78 is 0. The molecule has 0 saturated heterocycles. The van der Waals surface area contributed by atoms with Crippen molar-refractivity contribution < 1.29 is 10.2 Å². The van der Waals surface area contributed by atoms with E-state index in [0.29, 0.717) is 6.54 Å². The van der Waals surface area contributed by atoms with E-state index >= 15 is 0 Å². The molecule has 0 spiro atoms. The Morgan fingerprint density at radius 1 is 1.36 bits per heavy atom. The lowest BCUT2D eigenvalue weighted by atomic mass is 9.80. The smallest absolute Gasteiger partial charge is 0.0894 e. The molecule has 0 aromatic carbocycles. The van der Waals surface area contributed by atoms with Crippen molar-refractivity contribution in [2.24, 2.45) is 11.8 Å². The monoisotopic (exact) mass is 201 g/mol. The van der Waals surface area contributed by atoms with Crippen molar-refractivity contribution in [2.75, 3.05) is 19.7 Å². The van der Waals surface area contributed by atoms with Gasteiger partial charge in [-0.3, -0.25) is 0 Å². The zero-order chi connectivity index (χ0) is 10.4. The zero-order valence-electron chi connectivity index (χ0n) is 9.08. The fourth-order valence-electron chi connectivity index (χ4n) is 2.20. The number of hydrogen-bond acceptors (Lipinski definition) is 3. The van der Waals surface area contributed by atoms with E-state index in [1.54, 1.807) is 0 Å². The predicted octanol–water partition coefficient (Wildman–Crippen LogP) is 0.756. The molecule has 0 aromatic rings. The molecule has 3 atom stereocenters. The molecule has 0 aromatic heterocycles. The van der Waals surface area contributed by atoms with Crippen molar-refractivity contribution in [1.82, 2.24) is 5.32 Å². The van der Waals surface area contributed by atoms with Crippen LogP contribution in [0, 0.1) is 11.8 Å². The van der Waals surface area contributed by atoms with Gasteiger partial charge in [-0.25, -0.2) is 0 Å². The minimum Gasteiger partial charge on any atom is -0.394 e. The summed E-state index contributed by atoms with van der Waals surface area (Å²) in [6.45, 7) is 3.67. The van der Waals surface area contributed by atoms with E-state index in [9.17, 15) is 0 Å². The first-order valence-electron chi connectivity index (χ1n) is 5.73. The van der Waals surface area contributed by atoms with Crippen LogP contribution in [0.3, 0.4) is 0 Å². The first-order chi connectivity index (χ1) is 6.74. The summed E-state index contributed by atoms with van der Waals surface area (Å²) in [5, 5.41) is 21.0. The van der Waals surface area contributed by atoms with Gasteiger partial charge in [-0.2, -0.15) is 0 Å². The van der Waals surface area contributed by atoms with Gasteiger partial charge in [0.2, 0.25) is 0 Å². The minimum absolute atomic E-state index is 0.146. The second kappa shape index (κ2) is 6.38. The summed E-state index contributed by atoms with van der Waals surface area (Å²) in [5.41, 5.74) is 0. The van der Waals surface area contributed by atoms with E-state index in [2.05, 4.69) is 12.2 Å². The lowest BCUT2D eigenvalue weighted by molar-refractivity contribution is 0.0919. The third-order valence-corrected chi connectivity index (χ3v) is 3.29. The normalized spacial score (nSPS) is 30.2. The second-order valence-corrected chi connectivity index (χ2v) is 4.52. The molecule has 3 nitrogen and oxygen atoms in total. The Hall–Kier alpha value is -0.120. The van der Waals surface area contributed by atoms with Crippen LogP contribution in [0.1, 0.15) is 32.6 Å². The number of rotatable bonds is 5. The van der Waals surface area contributed by atoms with Crippen LogP contribution in [0.25, 0.3) is 0 Å². The molecular weight excluding hydrogens is 178 g/mol. The molecule has 3 N–H and O–H groups in total. The maximum atomic E-state index is 9.14. The summed E-state index contributed by atoms with van der Waals surface area (Å²) >= 11 is 0. The van der Waals surface area contributed by atoms with E-state index in [0.717, 1.165) is 18.4 Å². The Bertz CT molecular complexity index is 152. The molecule has 0 amide bonds. The number of nitrogens with one attached hydrogen (secondary N) is 1. The van der Waals surface area contributed by atoms with Gasteiger partial charge >= 0.3 is 0 Å². The molecule has 3 heteroatoms. The largest absolute Gasteiger partial charge is 0.394 e. The fraction of sp³-hybridized carbons (Fsp3) is 1.00. The second-order valence-electron chi connectivity index (χ2n) is 4.52. The quantitative estimate of drug-likeness (QED) is 0.615. The molecule has 0 aliphatic heterocycles. The highest BCUT2D eigenvalue weighted by molar-refractivity contribution is 4.74. The van der Waals surface area contributed by atoms with Crippen molar-refractivity contribution in [3.63, 3.8) is 0 Å². The van der Waals surface area contributed by atoms with Crippen molar-refractivity contribution >= 4 is 0 Å². The third-order valence-electron chi connectivity index (χ3n) is 3.29. The first-order valence-corrected chi connectivity index (χ1v) is 5.73. The van der Waals surface area contributed by atoms with Gasteiger partial charge in [0, 0.05) is 6.54 Å². The molecule has 1 aliphatic carbocycles. The van der Waals surface area contributed by atoms with Crippen LogP contribution < -0.4 is 5.32 Å². The molecule has 3 unspecified atom stereocenters. The summed E-state index contributed by atoms with van der Waals surface area (Å²) in [6.07, 6.45) is 4.77.